The van der Waals surface area contributed by atoms with E-state index in [1.165, 1.54) is 0 Å². The third-order valence-electron chi connectivity index (χ3n) is 4.28. The van der Waals surface area contributed by atoms with Crippen LogP contribution in [0.5, 0.6) is 0 Å². The monoisotopic (exact) mass is 341 g/mol. The molecule has 138 valence electrons. The first kappa shape index (κ1) is 20.2. The van der Waals surface area contributed by atoms with Crippen LogP contribution < -0.4 is 22.1 Å². The molecule has 4 amide bonds. The molecule has 0 aromatic carbocycles. The van der Waals surface area contributed by atoms with Crippen LogP contribution in [0.1, 0.15) is 51.9 Å². The number of amides is 4. The summed E-state index contributed by atoms with van der Waals surface area (Å²) >= 11 is 0. The lowest BCUT2D eigenvalue weighted by Crippen LogP contribution is -2.56. The predicted octanol–water partition coefficient (Wildman–Crippen LogP) is 0.0596. The second-order valence-corrected chi connectivity index (χ2v) is 6.23. The first-order valence-corrected chi connectivity index (χ1v) is 8.82. The Hall–Kier alpha value is -1.83. The minimum absolute atomic E-state index is 0.0493. The average molecular weight is 341 g/mol. The van der Waals surface area contributed by atoms with Crippen molar-refractivity contribution in [1.82, 2.24) is 15.5 Å². The summed E-state index contributed by atoms with van der Waals surface area (Å²) in [7, 11) is 0. The number of primary amides is 1. The van der Waals surface area contributed by atoms with Crippen LogP contribution in [-0.2, 0) is 9.59 Å². The standard InChI is InChI=1S/C16H31N5O3/c1-2-3-7-13(20-16(18)24)15(23)21-10-5-4-6-12(21)11-19-14(22)8-9-17/h12-13H,2-11,17H2,1H3,(H,19,22)(H3,18,20,24). The quantitative estimate of drug-likeness (QED) is 0.472. The van der Waals surface area contributed by atoms with E-state index in [0.29, 0.717) is 26.1 Å². The van der Waals surface area contributed by atoms with Crippen LogP contribution in [0.25, 0.3) is 0 Å². The molecule has 1 aliphatic rings. The number of unbranched alkanes of at least 4 members (excludes halogenated alkanes) is 1. The third kappa shape index (κ3) is 6.74. The topological polar surface area (TPSA) is 131 Å². The maximum Gasteiger partial charge on any atom is 0.312 e. The van der Waals surface area contributed by atoms with E-state index in [-0.39, 0.29) is 24.3 Å². The van der Waals surface area contributed by atoms with E-state index in [4.69, 9.17) is 11.5 Å². The van der Waals surface area contributed by atoms with E-state index in [1.54, 1.807) is 4.90 Å². The van der Waals surface area contributed by atoms with Crippen molar-refractivity contribution >= 4 is 17.8 Å². The highest BCUT2D eigenvalue weighted by Crippen LogP contribution is 2.19. The molecule has 8 nitrogen and oxygen atoms in total. The van der Waals surface area contributed by atoms with Gasteiger partial charge in [0.25, 0.3) is 0 Å². The fourth-order valence-electron chi connectivity index (χ4n) is 2.99. The maximum atomic E-state index is 12.8. The van der Waals surface area contributed by atoms with Crippen molar-refractivity contribution < 1.29 is 14.4 Å². The van der Waals surface area contributed by atoms with Crippen molar-refractivity contribution in [3.8, 4) is 0 Å². The molecule has 1 fully saturated rings. The van der Waals surface area contributed by atoms with Gasteiger partial charge in [-0.2, -0.15) is 0 Å². The Balaban J connectivity index is 2.70. The normalized spacial score (nSPS) is 18.8. The molecule has 8 heteroatoms. The number of carbonyl (C=O) groups excluding carboxylic acids is 3. The molecule has 1 heterocycles. The average Bonchev–Trinajstić information content (AvgIpc) is 2.56. The molecular weight excluding hydrogens is 310 g/mol. The number of hydrogen-bond acceptors (Lipinski definition) is 4. The highest BCUT2D eigenvalue weighted by molar-refractivity contribution is 5.87. The van der Waals surface area contributed by atoms with Gasteiger partial charge in [-0.3, -0.25) is 9.59 Å². The Morgan fingerprint density at radius 3 is 2.67 bits per heavy atom. The van der Waals surface area contributed by atoms with Crippen LogP contribution in [-0.4, -0.2) is 54.5 Å². The van der Waals surface area contributed by atoms with E-state index in [2.05, 4.69) is 10.6 Å². The molecule has 0 aromatic rings. The van der Waals surface area contributed by atoms with Gasteiger partial charge in [-0.25, -0.2) is 4.79 Å². The van der Waals surface area contributed by atoms with Gasteiger partial charge in [0.2, 0.25) is 11.8 Å². The summed E-state index contributed by atoms with van der Waals surface area (Å²) in [5.41, 5.74) is 10.6. The lowest BCUT2D eigenvalue weighted by atomic mass is 9.99. The number of nitrogens with two attached hydrogens (primary N) is 2. The molecule has 2 atom stereocenters. The fourth-order valence-corrected chi connectivity index (χ4v) is 2.99. The Labute approximate surface area is 143 Å². The fraction of sp³-hybridized carbons (Fsp3) is 0.812. The summed E-state index contributed by atoms with van der Waals surface area (Å²) in [4.78, 5) is 37.4. The van der Waals surface area contributed by atoms with Crippen LogP contribution in [0, 0.1) is 0 Å². The summed E-state index contributed by atoms with van der Waals surface area (Å²) in [5.74, 6) is -0.215. The van der Waals surface area contributed by atoms with Gasteiger partial charge in [0.05, 0.1) is 0 Å². The molecule has 0 aromatic heterocycles. The molecule has 0 spiro atoms. The van der Waals surface area contributed by atoms with Crippen molar-refractivity contribution in [2.24, 2.45) is 11.5 Å². The Morgan fingerprint density at radius 2 is 2.04 bits per heavy atom. The molecule has 0 bridgehead atoms. The van der Waals surface area contributed by atoms with Crippen molar-refractivity contribution in [1.29, 1.82) is 0 Å². The van der Waals surface area contributed by atoms with Crippen LogP contribution in [0.3, 0.4) is 0 Å². The number of piperidine rings is 1. The predicted molar refractivity (Wildman–Crippen MR) is 92.1 cm³/mol. The zero-order valence-corrected chi connectivity index (χ0v) is 14.6. The molecule has 1 rings (SSSR count). The number of nitrogens with one attached hydrogen (secondary N) is 2. The van der Waals surface area contributed by atoms with Gasteiger partial charge >= 0.3 is 6.03 Å². The summed E-state index contributed by atoms with van der Waals surface area (Å²) in [5, 5.41) is 5.40. The zero-order valence-electron chi connectivity index (χ0n) is 14.6. The zero-order chi connectivity index (χ0) is 17.9. The summed E-state index contributed by atoms with van der Waals surface area (Å²) < 4.78 is 0. The van der Waals surface area contributed by atoms with Crippen LogP contribution in [0.2, 0.25) is 0 Å². The smallest absolute Gasteiger partial charge is 0.312 e. The van der Waals surface area contributed by atoms with E-state index >= 15 is 0 Å². The Morgan fingerprint density at radius 1 is 1.29 bits per heavy atom. The van der Waals surface area contributed by atoms with Crippen molar-refractivity contribution in [3.05, 3.63) is 0 Å². The second kappa shape index (κ2) is 10.9. The third-order valence-corrected chi connectivity index (χ3v) is 4.28. The SMILES string of the molecule is CCCCC(NC(N)=O)C(=O)N1CCCCC1CNC(=O)CCN. The number of urea groups is 1. The molecular formula is C16H31N5O3. The molecule has 0 aliphatic carbocycles. The lowest BCUT2D eigenvalue weighted by Gasteiger charge is -2.38. The molecule has 0 saturated carbocycles. The summed E-state index contributed by atoms with van der Waals surface area (Å²) in [6, 6.07) is -1.33. The van der Waals surface area contributed by atoms with Crippen LogP contribution in [0.4, 0.5) is 4.79 Å². The summed E-state index contributed by atoms with van der Waals surface area (Å²) in [6.07, 6.45) is 5.40. The van der Waals surface area contributed by atoms with Crippen molar-refractivity contribution in [2.45, 2.75) is 64.0 Å². The van der Waals surface area contributed by atoms with Gasteiger partial charge in [-0.1, -0.05) is 19.8 Å². The second-order valence-electron chi connectivity index (χ2n) is 6.23. The van der Waals surface area contributed by atoms with E-state index in [9.17, 15) is 14.4 Å². The van der Waals surface area contributed by atoms with Gasteiger partial charge in [-0.05, 0) is 25.7 Å². The van der Waals surface area contributed by atoms with Crippen LogP contribution in [0.15, 0.2) is 0 Å². The highest BCUT2D eigenvalue weighted by Gasteiger charge is 2.31. The lowest BCUT2D eigenvalue weighted by molar-refractivity contribution is -0.137. The van der Waals surface area contributed by atoms with Crippen molar-refractivity contribution in [3.63, 3.8) is 0 Å². The molecule has 6 N–H and O–H groups in total. The van der Waals surface area contributed by atoms with Gasteiger partial charge < -0.3 is 27.0 Å². The molecule has 1 saturated heterocycles. The van der Waals surface area contributed by atoms with Crippen LogP contribution >= 0.6 is 0 Å². The molecule has 24 heavy (non-hydrogen) atoms. The Kier molecular flexibility index (Phi) is 9.14. The van der Waals surface area contributed by atoms with Gasteiger partial charge in [0, 0.05) is 32.1 Å². The number of rotatable bonds is 9. The van der Waals surface area contributed by atoms with E-state index in [1.807, 2.05) is 6.92 Å². The Bertz CT molecular complexity index is 430. The number of hydrogen-bond donors (Lipinski definition) is 4. The maximum absolute atomic E-state index is 12.8. The molecule has 2 unspecified atom stereocenters. The van der Waals surface area contributed by atoms with Gasteiger partial charge in [0.15, 0.2) is 0 Å². The van der Waals surface area contributed by atoms with Crippen molar-refractivity contribution in [2.75, 3.05) is 19.6 Å². The van der Waals surface area contributed by atoms with E-state index < -0.39 is 12.1 Å². The van der Waals surface area contributed by atoms with Gasteiger partial charge in [-0.15, -0.1) is 0 Å². The minimum Gasteiger partial charge on any atom is -0.354 e. The van der Waals surface area contributed by atoms with Gasteiger partial charge in [0.1, 0.15) is 6.04 Å². The summed E-state index contributed by atoms with van der Waals surface area (Å²) in [6.45, 7) is 3.39. The highest BCUT2D eigenvalue weighted by atomic mass is 16.2. The van der Waals surface area contributed by atoms with E-state index in [0.717, 1.165) is 32.1 Å². The molecule has 1 aliphatic heterocycles. The largest absolute Gasteiger partial charge is 0.354 e. The minimum atomic E-state index is -0.686. The number of carbonyl (C=O) groups is 3. The molecule has 0 radical (unpaired) electrons. The number of likely N-dealkylation sites (tertiary alicyclic amines) is 1. The number of nitrogens with zero attached hydrogens (tertiary/aromatic N) is 1. The first-order chi connectivity index (χ1) is 11.5. The first-order valence-electron chi connectivity index (χ1n) is 8.82.